The normalized spacial score (nSPS) is 27.1. The van der Waals surface area contributed by atoms with Crippen LogP contribution in [0.4, 0.5) is 0 Å². The maximum absolute atomic E-state index is 11.9. The van der Waals surface area contributed by atoms with Crippen LogP contribution in [0.5, 0.6) is 0 Å². The van der Waals surface area contributed by atoms with Gasteiger partial charge in [0.05, 0.1) is 13.1 Å². The van der Waals surface area contributed by atoms with Gasteiger partial charge < -0.3 is 4.90 Å². The maximum atomic E-state index is 11.9. The monoisotopic (exact) mass is 293 g/mol. The Morgan fingerprint density at radius 3 is 2.80 bits per heavy atom. The number of nitrogens with zero attached hydrogens (tertiary/aromatic N) is 3. The smallest absolute Gasteiger partial charge is 0.275 e. The van der Waals surface area contributed by atoms with Gasteiger partial charge in [-0.1, -0.05) is 25.2 Å². The van der Waals surface area contributed by atoms with E-state index < -0.39 is 0 Å². The Morgan fingerprint density at radius 1 is 1.40 bits per heavy atom. The number of aryl methyl sites for hydroxylation is 1. The lowest BCUT2D eigenvalue weighted by molar-refractivity contribution is -0.925. The molecule has 0 radical (unpaired) electrons. The predicted molar refractivity (Wildman–Crippen MR) is 79.2 cm³/mol. The zero-order chi connectivity index (χ0) is 14.3. The minimum Gasteiger partial charge on any atom is -0.329 e. The number of fused-ring (bicyclic) bond motifs is 1. The first-order chi connectivity index (χ1) is 9.51. The molecule has 0 amide bonds. The van der Waals surface area contributed by atoms with Crippen molar-refractivity contribution >= 4 is 16.3 Å². The molecule has 5 nitrogen and oxygen atoms in total. The van der Waals surface area contributed by atoms with Gasteiger partial charge in [-0.15, -0.1) is 0 Å². The van der Waals surface area contributed by atoms with Crippen LogP contribution in [0.15, 0.2) is 10.9 Å². The SMILES string of the molecule is Cc1cc(=O)n2nc(C[NH+]3C[C@H](C)C[C@H](C)C3)sc2n1. The van der Waals surface area contributed by atoms with Crippen molar-refractivity contribution in [1.29, 1.82) is 0 Å². The Balaban J connectivity index is 1.84. The van der Waals surface area contributed by atoms with Crippen LogP contribution in [0, 0.1) is 18.8 Å². The predicted octanol–water partition coefficient (Wildman–Crippen LogP) is 0.520. The van der Waals surface area contributed by atoms with Gasteiger partial charge >= 0.3 is 0 Å². The highest BCUT2D eigenvalue weighted by molar-refractivity contribution is 7.16. The van der Waals surface area contributed by atoms with Gasteiger partial charge in [-0.25, -0.2) is 4.98 Å². The Bertz CT molecular complexity index is 667. The lowest BCUT2D eigenvalue weighted by atomic mass is 9.92. The summed E-state index contributed by atoms with van der Waals surface area (Å²) >= 11 is 1.54. The van der Waals surface area contributed by atoms with E-state index in [-0.39, 0.29) is 5.56 Å². The van der Waals surface area contributed by atoms with Crippen molar-refractivity contribution in [2.24, 2.45) is 11.8 Å². The lowest BCUT2D eigenvalue weighted by Gasteiger charge is -2.31. The molecular formula is C14H21N4OS+. The topological polar surface area (TPSA) is 51.7 Å². The second kappa shape index (κ2) is 5.26. The third-order valence-electron chi connectivity index (χ3n) is 3.90. The van der Waals surface area contributed by atoms with Crippen LogP contribution < -0.4 is 10.5 Å². The van der Waals surface area contributed by atoms with Crippen LogP contribution in [0.1, 0.15) is 31.0 Å². The minimum atomic E-state index is -0.0784. The summed E-state index contributed by atoms with van der Waals surface area (Å²) in [4.78, 5) is 18.5. The Kier molecular flexibility index (Phi) is 3.60. The number of piperidine rings is 1. The molecule has 1 fully saturated rings. The number of hydrogen-bond acceptors (Lipinski definition) is 4. The quantitative estimate of drug-likeness (QED) is 0.878. The van der Waals surface area contributed by atoms with Gasteiger partial charge in [-0.05, 0) is 13.3 Å². The van der Waals surface area contributed by atoms with Crippen LogP contribution in [0.3, 0.4) is 0 Å². The summed E-state index contributed by atoms with van der Waals surface area (Å²) < 4.78 is 1.43. The van der Waals surface area contributed by atoms with E-state index in [1.807, 2.05) is 6.92 Å². The van der Waals surface area contributed by atoms with Crippen LogP contribution in [0.2, 0.25) is 0 Å². The Morgan fingerprint density at radius 2 is 2.10 bits per heavy atom. The Hall–Kier alpha value is -1.27. The summed E-state index contributed by atoms with van der Waals surface area (Å²) in [5, 5.41) is 5.45. The highest BCUT2D eigenvalue weighted by Gasteiger charge is 2.26. The van der Waals surface area contributed by atoms with Gasteiger partial charge in [0.2, 0.25) is 4.96 Å². The van der Waals surface area contributed by atoms with Crippen molar-refractivity contribution in [3.63, 3.8) is 0 Å². The van der Waals surface area contributed by atoms with Gasteiger partial charge in [0.15, 0.2) is 5.01 Å². The van der Waals surface area contributed by atoms with Gasteiger partial charge in [0.25, 0.3) is 5.56 Å². The summed E-state index contributed by atoms with van der Waals surface area (Å²) in [5.41, 5.74) is 0.683. The van der Waals surface area contributed by atoms with Crippen LogP contribution >= 0.6 is 11.3 Å². The van der Waals surface area contributed by atoms with E-state index >= 15 is 0 Å². The largest absolute Gasteiger partial charge is 0.329 e. The van der Waals surface area contributed by atoms with Crippen molar-refractivity contribution in [2.45, 2.75) is 33.7 Å². The van der Waals surface area contributed by atoms with E-state index in [0.29, 0.717) is 4.96 Å². The zero-order valence-electron chi connectivity index (χ0n) is 12.2. The standard InChI is InChI=1S/C14H20N4OS/c1-9-4-10(2)7-17(6-9)8-12-16-18-13(19)5-11(3)15-14(18)20-12/h5,9-10H,4,6-8H2,1-3H3/p+1/t9-,10+. The first kappa shape index (κ1) is 13.7. The number of nitrogens with one attached hydrogen (secondary N) is 1. The number of rotatable bonds is 2. The van der Waals surface area contributed by atoms with E-state index in [2.05, 4.69) is 23.9 Å². The molecule has 3 rings (SSSR count). The molecule has 1 saturated heterocycles. The molecule has 2 aromatic rings. The number of quaternary nitrogens is 1. The van der Waals surface area contributed by atoms with Gasteiger partial charge in [-0.3, -0.25) is 4.79 Å². The van der Waals surface area contributed by atoms with Crippen molar-refractivity contribution in [2.75, 3.05) is 13.1 Å². The molecule has 20 heavy (non-hydrogen) atoms. The van der Waals surface area contributed by atoms with Gasteiger partial charge in [0.1, 0.15) is 6.54 Å². The first-order valence-electron chi connectivity index (χ1n) is 7.21. The lowest BCUT2D eigenvalue weighted by Crippen LogP contribution is -3.13. The van der Waals surface area contributed by atoms with Crippen LogP contribution in [-0.4, -0.2) is 27.7 Å². The van der Waals surface area contributed by atoms with E-state index in [0.717, 1.165) is 29.1 Å². The zero-order valence-corrected chi connectivity index (χ0v) is 13.0. The molecule has 1 N–H and O–H groups in total. The third kappa shape index (κ3) is 2.76. The van der Waals surface area contributed by atoms with Gasteiger partial charge in [0, 0.05) is 23.6 Å². The molecule has 0 aliphatic carbocycles. The second-order valence-corrected chi connectivity index (χ2v) is 7.25. The minimum absolute atomic E-state index is 0.0784. The molecular weight excluding hydrogens is 272 g/mol. The average molecular weight is 293 g/mol. The average Bonchev–Trinajstić information content (AvgIpc) is 2.70. The molecule has 1 aliphatic heterocycles. The molecule has 2 aromatic heterocycles. The van der Waals surface area contributed by atoms with Crippen LogP contribution in [-0.2, 0) is 6.54 Å². The molecule has 0 spiro atoms. The number of likely N-dealkylation sites (tertiary alicyclic amines) is 1. The summed E-state index contributed by atoms with van der Waals surface area (Å²) in [6, 6.07) is 1.54. The molecule has 0 bridgehead atoms. The molecule has 3 heterocycles. The summed E-state index contributed by atoms with van der Waals surface area (Å²) in [5.74, 6) is 1.54. The summed E-state index contributed by atoms with van der Waals surface area (Å²) in [6.45, 7) is 9.79. The van der Waals surface area contributed by atoms with Crippen molar-refractivity contribution in [1.82, 2.24) is 14.6 Å². The van der Waals surface area contributed by atoms with Crippen molar-refractivity contribution in [3.05, 3.63) is 27.1 Å². The summed E-state index contributed by atoms with van der Waals surface area (Å²) in [6.07, 6.45) is 1.32. The van der Waals surface area contributed by atoms with Crippen molar-refractivity contribution < 1.29 is 4.90 Å². The summed E-state index contributed by atoms with van der Waals surface area (Å²) in [7, 11) is 0. The third-order valence-corrected chi connectivity index (χ3v) is 4.80. The van der Waals surface area contributed by atoms with Crippen LogP contribution in [0.25, 0.3) is 4.96 Å². The molecule has 1 unspecified atom stereocenters. The number of aromatic nitrogens is 3. The van der Waals surface area contributed by atoms with Crippen molar-refractivity contribution in [3.8, 4) is 0 Å². The van der Waals surface area contributed by atoms with E-state index in [4.69, 9.17) is 0 Å². The molecule has 6 heteroatoms. The second-order valence-electron chi connectivity index (χ2n) is 6.21. The fourth-order valence-electron chi connectivity index (χ4n) is 3.31. The van der Waals surface area contributed by atoms with E-state index in [1.54, 1.807) is 16.2 Å². The Labute approximate surface area is 122 Å². The molecule has 0 aromatic carbocycles. The fraction of sp³-hybridized carbons (Fsp3) is 0.643. The highest BCUT2D eigenvalue weighted by atomic mass is 32.1. The van der Waals surface area contributed by atoms with Gasteiger partial charge in [-0.2, -0.15) is 9.61 Å². The molecule has 1 aliphatic rings. The number of hydrogen-bond donors (Lipinski definition) is 1. The highest BCUT2D eigenvalue weighted by Crippen LogP contribution is 2.14. The van der Waals surface area contributed by atoms with E-state index in [1.165, 1.54) is 30.1 Å². The fourth-order valence-corrected chi connectivity index (χ4v) is 4.33. The molecule has 108 valence electrons. The first-order valence-corrected chi connectivity index (χ1v) is 8.03. The van der Waals surface area contributed by atoms with E-state index in [9.17, 15) is 4.79 Å². The molecule has 3 atom stereocenters. The molecule has 0 saturated carbocycles. The maximum Gasteiger partial charge on any atom is 0.275 e.